The van der Waals surface area contributed by atoms with Crippen LogP contribution in [0, 0.1) is 0 Å². The van der Waals surface area contributed by atoms with Crippen LogP contribution in [0.4, 0.5) is 0 Å². The van der Waals surface area contributed by atoms with Crippen LogP contribution in [0.1, 0.15) is 36.1 Å². The number of carbonyl (C=O) groups is 2. The third-order valence-corrected chi connectivity index (χ3v) is 7.08. The van der Waals surface area contributed by atoms with Crippen LogP contribution in [0.25, 0.3) is 17.2 Å². The molecular formula is C21H20ClNO4S3. The van der Waals surface area contributed by atoms with Gasteiger partial charge >= 0.3 is 5.97 Å². The topological polar surface area (TPSA) is 77.8 Å². The third-order valence-electron chi connectivity index (χ3n) is 4.59. The van der Waals surface area contributed by atoms with Crippen molar-refractivity contribution in [2.24, 2.45) is 0 Å². The lowest BCUT2D eigenvalue weighted by molar-refractivity contribution is -0.137. The SMILES string of the molecule is O=C(O)CCCCCN1C(=O)/C(=C/c2cc(-c3cc(Cl)ccc3CO)cs2)SC1=S. The zero-order chi connectivity index (χ0) is 21.7. The molecule has 0 unspecified atom stereocenters. The molecule has 0 aliphatic carbocycles. The number of hydrogen-bond acceptors (Lipinski definition) is 6. The molecule has 0 spiro atoms. The molecule has 30 heavy (non-hydrogen) atoms. The molecule has 0 radical (unpaired) electrons. The Hall–Kier alpha value is -1.71. The molecule has 0 bridgehead atoms. The van der Waals surface area contributed by atoms with Gasteiger partial charge in [-0.3, -0.25) is 14.5 Å². The first-order chi connectivity index (χ1) is 14.4. The van der Waals surface area contributed by atoms with Crippen molar-refractivity contribution in [1.82, 2.24) is 4.90 Å². The fourth-order valence-corrected chi connectivity index (χ4v) is 5.46. The average molecular weight is 482 g/mol. The Labute approximate surface area is 193 Å². The smallest absolute Gasteiger partial charge is 0.303 e. The van der Waals surface area contributed by atoms with E-state index in [9.17, 15) is 14.7 Å². The predicted molar refractivity (Wildman–Crippen MR) is 127 cm³/mol. The van der Waals surface area contributed by atoms with Crippen LogP contribution in [-0.4, -0.2) is 37.9 Å². The van der Waals surface area contributed by atoms with E-state index in [1.54, 1.807) is 17.0 Å². The fourth-order valence-electron chi connectivity index (χ4n) is 3.07. The first-order valence-electron chi connectivity index (χ1n) is 9.34. The van der Waals surface area contributed by atoms with E-state index in [0.717, 1.165) is 34.4 Å². The van der Waals surface area contributed by atoms with E-state index in [4.69, 9.17) is 28.9 Å². The lowest BCUT2D eigenvalue weighted by Gasteiger charge is -2.13. The molecule has 9 heteroatoms. The number of amides is 1. The van der Waals surface area contributed by atoms with Crippen molar-refractivity contribution in [3.05, 3.63) is 50.0 Å². The minimum atomic E-state index is -0.803. The summed E-state index contributed by atoms with van der Waals surface area (Å²) in [6, 6.07) is 7.34. The number of carbonyl (C=O) groups excluding carboxylic acids is 1. The number of unbranched alkanes of at least 4 members (excludes halogenated alkanes) is 2. The molecule has 0 saturated carbocycles. The van der Waals surface area contributed by atoms with Crippen LogP contribution in [0.5, 0.6) is 0 Å². The van der Waals surface area contributed by atoms with Crippen LogP contribution in [-0.2, 0) is 16.2 Å². The molecule has 1 aliphatic heterocycles. The number of benzene rings is 1. The minimum Gasteiger partial charge on any atom is -0.481 e. The van der Waals surface area contributed by atoms with Gasteiger partial charge in [0.1, 0.15) is 4.32 Å². The predicted octanol–water partition coefficient (Wildman–Crippen LogP) is 5.41. The van der Waals surface area contributed by atoms with E-state index in [1.807, 2.05) is 23.6 Å². The lowest BCUT2D eigenvalue weighted by atomic mass is 10.0. The van der Waals surface area contributed by atoms with E-state index < -0.39 is 5.97 Å². The van der Waals surface area contributed by atoms with Crippen LogP contribution in [0.2, 0.25) is 5.02 Å². The van der Waals surface area contributed by atoms with Gasteiger partial charge < -0.3 is 10.2 Å². The van der Waals surface area contributed by atoms with Crippen molar-refractivity contribution < 1.29 is 19.8 Å². The Morgan fingerprint density at radius 1 is 1.23 bits per heavy atom. The summed E-state index contributed by atoms with van der Waals surface area (Å²) in [5, 5.41) is 20.8. The van der Waals surface area contributed by atoms with Crippen molar-refractivity contribution in [1.29, 1.82) is 0 Å². The second-order valence-electron chi connectivity index (χ2n) is 6.74. The van der Waals surface area contributed by atoms with Gasteiger partial charge in [0.25, 0.3) is 5.91 Å². The number of aliphatic hydroxyl groups excluding tert-OH is 1. The Kier molecular flexibility index (Phi) is 8.07. The summed E-state index contributed by atoms with van der Waals surface area (Å²) in [6.07, 6.45) is 4.03. The normalized spacial score (nSPS) is 15.4. The summed E-state index contributed by atoms with van der Waals surface area (Å²) < 4.78 is 0.527. The first-order valence-corrected chi connectivity index (χ1v) is 11.8. The number of aliphatic hydroxyl groups is 1. The molecule has 2 aromatic rings. The van der Waals surface area contributed by atoms with Gasteiger partial charge in [-0.2, -0.15) is 0 Å². The highest BCUT2D eigenvalue weighted by atomic mass is 35.5. The number of thiophene rings is 1. The monoisotopic (exact) mass is 481 g/mol. The molecule has 1 aliphatic rings. The van der Waals surface area contributed by atoms with E-state index in [1.165, 1.54) is 23.1 Å². The molecule has 1 amide bonds. The second kappa shape index (κ2) is 10.5. The van der Waals surface area contributed by atoms with Gasteiger partial charge in [0.15, 0.2) is 0 Å². The molecule has 1 fully saturated rings. The fraction of sp³-hybridized carbons (Fsp3) is 0.286. The Morgan fingerprint density at radius 2 is 2.03 bits per heavy atom. The van der Waals surface area contributed by atoms with E-state index in [2.05, 4.69) is 0 Å². The number of carboxylic acids is 1. The molecular weight excluding hydrogens is 462 g/mol. The quantitative estimate of drug-likeness (QED) is 0.283. The standard InChI is InChI=1S/C21H20ClNO4S3/c22-15-6-5-13(11-24)17(9-15)14-8-16(29-12-14)10-18-20(27)23(21(28)30-18)7-3-1-2-4-19(25)26/h5-6,8-10,12,24H,1-4,7,11H2,(H,25,26)/b18-10-. The number of thiocarbonyl (C=S) groups is 1. The van der Waals surface area contributed by atoms with Crippen LogP contribution >= 0.6 is 46.9 Å². The third kappa shape index (κ3) is 5.70. The number of nitrogens with zero attached hydrogens (tertiary/aromatic N) is 1. The molecule has 5 nitrogen and oxygen atoms in total. The average Bonchev–Trinajstić information content (AvgIpc) is 3.27. The summed E-state index contributed by atoms with van der Waals surface area (Å²) in [5.74, 6) is -0.917. The van der Waals surface area contributed by atoms with Crippen LogP contribution in [0.15, 0.2) is 34.6 Å². The number of carboxylic acid groups (broad SMARTS) is 1. The Bertz CT molecular complexity index is 1000. The zero-order valence-electron chi connectivity index (χ0n) is 16.0. The maximum absolute atomic E-state index is 12.7. The summed E-state index contributed by atoms with van der Waals surface area (Å²) in [5.41, 5.74) is 2.60. The number of aliphatic carboxylic acids is 1. The molecule has 1 aromatic heterocycles. The van der Waals surface area contributed by atoms with E-state index in [0.29, 0.717) is 27.2 Å². The largest absolute Gasteiger partial charge is 0.481 e. The van der Waals surface area contributed by atoms with Crippen molar-refractivity contribution >= 4 is 69.2 Å². The maximum atomic E-state index is 12.7. The summed E-state index contributed by atoms with van der Waals surface area (Å²) >= 11 is 14.2. The number of rotatable bonds is 9. The van der Waals surface area contributed by atoms with Crippen molar-refractivity contribution in [2.45, 2.75) is 32.3 Å². The van der Waals surface area contributed by atoms with Crippen LogP contribution < -0.4 is 0 Å². The van der Waals surface area contributed by atoms with Gasteiger partial charge in [0, 0.05) is 22.9 Å². The van der Waals surface area contributed by atoms with Gasteiger partial charge in [-0.1, -0.05) is 48.1 Å². The Balaban J connectivity index is 1.68. The molecule has 2 N–H and O–H groups in total. The van der Waals surface area contributed by atoms with Gasteiger partial charge in [-0.25, -0.2) is 0 Å². The lowest BCUT2D eigenvalue weighted by Crippen LogP contribution is -2.29. The van der Waals surface area contributed by atoms with Gasteiger partial charge in [0.2, 0.25) is 0 Å². The highest BCUT2D eigenvalue weighted by molar-refractivity contribution is 8.26. The van der Waals surface area contributed by atoms with Gasteiger partial charge in [-0.05, 0) is 59.2 Å². The summed E-state index contributed by atoms with van der Waals surface area (Å²) in [6.45, 7) is 0.419. The minimum absolute atomic E-state index is 0.0806. The number of thioether (sulfide) groups is 1. The Morgan fingerprint density at radius 3 is 2.77 bits per heavy atom. The molecule has 3 rings (SSSR count). The molecule has 1 saturated heterocycles. The van der Waals surface area contributed by atoms with Crippen molar-refractivity contribution in [2.75, 3.05) is 6.54 Å². The van der Waals surface area contributed by atoms with Gasteiger partial charge in [0.05, 0.1) is 11.5 Å². The number of halogens is 1. The first kappa shape index (κ1) is 23.0. The molecule has 158 valence electrons. The second-order valence-corrected chi connectivity index (χ2v) is 9.79. The highest BCUT2D eigenvalue weighted by Crippen LogP contribution is 2.36. The summed E-state index contributed by atoms with van der Waals surface area (Å²) in [7, 11) is 0. The van der Waals surface area contributed by atoms with Crippen LogP contribution in [0.3, 0.4) is 0 Å². The van der Waals surface area contributed by atoms with E-state index >= 15 is 0 Å². The molecule has 1 aromatic carbocycles. The zero-order valence-corrected chi connectivity index (χ0v) is 19.2. The number of hydrogen-bond donors (Lipinski definition) is 2. The summed E-state index contributed by atoms with van der Waals surface area (Å²) in [4.78, 5) is 26.4. The molecule has 0 atom stereocenters. The highest BCUT2D eigenvalue weighted by Gasteiger charge is 2.31. The van der Waals surface area contributed by atoms with Crippen molar-refractivity contribution in [3.8, 4) is 11.1 Å². The van der Waals surface area contributed by atoms with Crippen molar-refractivity contribution in [3.63, 3.8) is 0 Å². The molecule has 2 heterocycles. The van der Waals surface area contributed by atoms with Gasteiger partial charge in [-0.15, -0.1) is 11.3 Å². The maximum Gasteiger partial charge on any atom is 0.303 e. The van der Waals surface area contributed by atoms with E-state index in [-0.39, 0.29) is 18.9 Å².